The molecule has 5 nitrogen and oxygen atoms in total. The number of nitrogens with one attached hydrogen (secondary N) is 1. The molecule has 5 heteroatoms. The third kappa shape index (κ3) is 6.14. The predicted molar refractivity (Wildman–Crippen MR) is 77.8 cm³/mol. The lowest BCUT2D eigenvalue weighted by Crippen LogP contribution is -2.31. The van der Waals surface area contributed by atoms with Crippen LogP contribution in [0, 0.1) is 0 Å². The van der Waals surface area contributed by atoms with Crippen LogP contribution >= 0.6 is 0 Å². The fraction of sp³-hybridized carbons (Fsp3) is 0.533. The summed E-state index contributed by atoms with van der Waals surface area (Å²) < 4.78 is 10.9. The molecule has 3 N–H and O–H groups in total. The van der Waals surface area contributed by atoms with Crippen LogP contribution in [0.4, 0.5) is 0 Å². The molecular formula is C15H24N2O3. The molecule has 1 aromatic rings. The van der Waals surface area contributed by atoms with Crippen molar-refractivity contribution in [1.29, 1.82) is 0 Å². The molecule has 0 aliphatic rings. The number of carbonyl (C=O) groups is 1. The first-order chi connectivity index (χ1) is 9.46. The van der Waals surface area contributed by atoms with Crippen LogP contribution < -0.4 is 11.3 Å². The van der Waals surface area contributed by atoms with Gasteiger partial charge >= 0.3 is 0 Å². The van der Waals surface area contributed by atoms with Crippen LogP contribution in [0.3, 0.4) is 0 Å². The SMILES string of the molecule is COC(C)(C)CCOCc1ccc(CC(=O)NN)cc1. The molecule has 0 atom stereocenters. The van der Waals surface area contributed by atoms with E-state index < -0.39 is 0 Å². The summed E-state index contributed by atoms with van der Waals surface area (Å²) in [6.07, 6.45) is 1.14. The lowest BCUT2D eigenvalue weighted by molar-refractivity contribution is -0.120. The smallest absolute Gasteiger partial charge is 0.238 e. The normalized spacial score (nSPS) is 11.4. The van der Waals surface area contributed by atoms with E-state index in [1.54, 1.807) is 7.11 Å². The molecule has 0 heterocycles. The van der Waals surface area contributed by atoms with Crippen molar-refractivity contribution in [2.24, 2.45) is 5.84 Å². The second kappa shape index (κ2) is 7.99. The minimum absolute atomic E-state index is 0.153. The maximum Gasteiger partial charge on any atom is 0.238 e. The zero-order chi connectivity index (χ0) is 15.0. The minimum atomic E-state index is -0.198. The van der Waals surface area contributed by atoms with Crippen molar-refractivity contribution in [2.75, 3.05) is 13.7 Å². The third-order valence-electron chi connectivity index (χ3n) is 3.22. The van der Waals surface area contributed by atoms with Crippen molar-refractivity contribution in [2.45, 2.75) is 38.9 Å². The molecule has 1 aromatic carbocycles. The van der Waals surface area contributed by atoms with E-state index in [0.29, 0.717) is 19.6 Å². The Morgan fingerprint density at radius 3 is 2.40 bits per heavy atom. The lowest BCUT2D eigenvalue weighted by atomic mass is 10.1. The minimum Gasteiger partial charge on any atom is -0.379 e. The number of amides is 1. The Balaban J connectivity index is 2.33. The van der Waals surface area contributed by atoms with Crippen LogP contribution in [0.1, 0.15) is 31.4 Å². The van der Waals surface area contributed by atoms with Crippen molar-refractivity contribution in [3.05, 3.63) is 35.4 Å². The van der Waals surface area contributed by atoms with Gasteiger partial charge in [-0.15, -0.1) is 0 Å². The molecular weight excluding hydrogens is 256 g/mol. The molecule has 0 aliphatic heterocycles. The first-order valence-corrected chi connectivity index (χ1v) is 6.67. The van der Waals surface area contributed by atoms with Gasteiger partial charge in [0.25, 0.3) is 0 Å². The Labute approximate surface area is 120 Å². The van der Waals surface area contributed by atoms with Gasteiger partial charge in [-0.25, -0.2) is 5.84 Å². The first-order valence-electron chi connectivity index (χ1n) is 6.67. The zero-order valence-corrected chi connectivity index (χ0v) is 12.4. The van der Waals surface area contributed by atoms with E-state index in [2.05, 4.69) is 5.43 Å². The summed E-state index contributed by atoms with van der Waals surface area (Å²) in [5.41, 5.74) is 3.97. The molecule has 20 heavy (non-hydrogen) atoms. The largest absolute Gasteiger partial charge is 0.379 e. The van der Waals surface area contributed by atoms with Crippen molar-refractivity contribution in [3.8, 4) is 0 Å². The van der Waals surface area contributed by atoms with E-state index in [9.17, 15) is 4.79 Å². The van der Waals surface area contributed by atoms with Gasteiger partial charge in [-0.1, -0.05) is 24.3 Å². The Kier molecular flexibility index (Phi) is 6.64. The highest BCUT2D eigenvalue weighted by molar-refractivity contribution is 5.77. The molecule has 0 fully saturated rings. The quantitative estimate of drug-likeness (QED) is 0.328. The summed E-state index contributed by atoms with van der Waals surface area (Å²) in [5, 5.41) is 0. The molecule has 112 valence electrons. The van der Waals surface area contributed by atoms with E-state index in [1.165, 1.54) is 0 Å². The fourth-order valence-corrected chi connectivity index (χ4v) is 1.60. The topological polar surface area (TPSA) is 73.6 Å². The van der Waals surface area contributed by atoms with Gasteiger partial charge in [-0.05, 0) is 31.4 Å². The van der Waals surface area contributed by atoms with Crippen molar-refractivity contribution >= 4 is 5.91 Å². The number of hydrogen-bond donors (Lipinski definition) is 2. The van der Waals surface area contributed by atoms with Gasteiger partial charge in [0.1, 0.15) is 0 Å². The molecule has 0 saturated heterocycles. The van der Waals surface area contributed by atoms with Crippen LogP contribution in [0.5, 0.6) is 0 Å². The summed E-state index contributed by atoms with van der Waals surface area (Å²) in [6, 6.07) is 7.74. The first kappa shape index (κ1) is 16.6. The molecule has 1 rings (SSSR count). The molecule has 0 radical (unpaired) electrons. The summed E-state index contributed by atoms with van der Waals surface area (Å²) in [4.78, 5) is 11.1. The Morgan fingerprint density at radius 2 is 1.85 bits per heavy atom. The Hall–Kier alpha value is -1.43. The fourth-order valence-electron chi connectivity index (χ4n) is 1.60. The lowest BCUT2D eigenvalue weighted by Gasteiger charge is -2.22. The number of nitrogens with two attached hydrogens (primary N) is 1. The molecule has 0 bridgehead atoms. The second-order valence-electron chi connectivity index (χ2n) is 5.33. The monoisotopic (exact) mass is 280 g/mol. The number of methoxy groups -OCH3 is 1. The van der Waals surface area contributed by atoms with Gasteiger partial charge in [0, 0.05) is 13.7 Å². The van der Waals surface area contributed by atoms with Gasteiger partial charge in [0.15, 0.2) is 0 Å². The van der Waals surface area contributed by atoms with Crippen molar-refractivity contribution in [3.63, 3.8) is 0 Å². The van der Waals surface area contributed by atoms with E-state index in [0.717, 1.165) is 17.5 Å². The average molecular weight is 280 g/mol. The number of benzene rings is 1. The Morgan fingerprint density at radius 1 is 1.25 bits per heavy atom. The summed E-state index contributed by atoms with van der Waals surface area (Å²) in [6.45, 7) is 5.28. The maximum atomic E-state index is 11.1. The average Bonchev–Trinajstić information content (AvgIpc) is 2.45. The van der Waals surface area contributed by atoms with E-state index in [-0.39, 0.29) is 11.5 Å². The number of carbonyl (C=O) groups excluding carboxylic acids is 1. The van der Waals surface area contributed by atoms with E-state index >= 15 is 0 Å². The van der Waals surface area contributed by atoms with Gasteiger partial charge in [-0.3, -0.25) is 10.2 Å². The van der Waals surface area contributed by atoms with Gasteiger partial charge < -0.3 is 9.47 Å². The van der Waals surface area contributed by atoms with Crippen LogP contribution in [-0.4, -0.2) is 25.2 Å². The van der Waals surface area contributed by atoms with Crippen LogP contribution in [0.25, 0.3) is 0 Å². The second-order valence-corrected chi connectivity index (χ2v) is 5.33. The number of hydrogen-bond acceptors (Lipinski definition) is 4. The predicted octanol–water partition coefficient (Wildman–Crippen LogP) is 1.55. The summed E-state index contributed by atoms with van der Waals surface area (Å²) >= 11 is 0. The molecule has 0 saturated carbocycles. The third-order valence-corrected chi connectivity index (χ3v) is 3.22. The highest BCUT2D eigenvalue weighted by Crippen LogP contribution is 2.13. The van der Waals surface area contributed by atoms with Crippen LogP contribution in [0.15, 0.2) is 24.3 Å². The highest BCUT2D eigenvalue weighted by atomic mass is 16.5. The molecule has 0 aromatic heterocycles. The standard InChI is InChI=1S/C15H24N2O3/c1-15(2,19-3)8-9-20-11-13-6-4-12(5-7-13)10-14(18)17-16/h4-7H,8-11,16H2,1-3H3,(H,17,18). The van der Waals surface area contributed by atoms with Gasteiger partial charge in [0.2, 0.25) is 5.91 Å². The molecule has 0 spiro atoms. The highest BCUT2D eigenvalue weighted by Gasteiger charge is 2.15. The summed E-state index contributed by atoms with van der Waals surface area (Å²) in [5.74, 6) is 4.85. The van der Waals surface area contributed by atoms with Crippen LogP contribution in [0.2, 0.25) is 0 Å². The van der Waals surface area contributed by atoms with Crippen LogP contribution in [-0.2, 0) is 27.3 Å². The van der Waals surface area contributed by atoms with Crippen molar-refractivity contribution < 1.29 is 14.3 Å². The Bertz CT molecular complexity index is 416. The number of rotatable bonds is 8. The number of hydrazine groups is 1. The summed E-state index contributed by atoms with van der Waals surface area (Å²) in [7, 11) is 1.70. The number of ether oxygens (including phenoxy) is 2. The maximum absolute atomic E-state index is 11.1. The molecule has 1 amide bonds. The molecule has 0 aliphatic carbocycles. The van der Waals surface area contributed by atoms with E-state index in [4.69, 9.17) is 15.3 Å². The van der Waals surface area contributed by atoms with Gasteiger partial charge in [0.05, 0.1) is 18.6 Å². The zero-order valence-electron chi connectivity index (χ0n) is 12.4. The van der Waals surface area contributed by atoms with Crippen molar-refractivity contribution in [1.82, 2.24) is 5.43 Å². The van der Waals surface area contributed by atoms with E-state index in [1.807, 2.05) is 38.1 Å². The van der Waals surface area contributed by atoms with Gasteiger partial charge in [-0.2, -0.15) is 0 Å². The molecule has 0 unspecified atom stereocenters.